The van der Waals surface area contributed by atoms with Crippen LogP contribution in [0.3, 0.4) is 0 Å². The molecule has 5 N–H and O–H groups in total. The highest BCUT2D eigenvalue weighted by molar-refractivity contribution is 8.00. The van der Waals surface area contributed by atoms with Crippen LogP contribution in [-0.2, 0) is 25.8 Å². The number of carbonyl (C=O) groups excluding carboxylic acids is 2. The number of oxime groups is 1. The van der Waals surface area contributed by atoms with E-state index in [-0.39, 0.29) is 46.3 Å². The average Bonchev–Trinajstić information content (AvgIpc) is 3.31. The molecule has 37 heavy (non-hydrogen) atoms. The van der Waals surface area contributed by atoms with E-state index in [2.05, 4.69) is 25.7 Å². The van der Waals surface area contributed by atoms with Gasteiger partial charge in [-0.2, -0.15) is 0 Å². The summed E-state index contributed by atoms with van der Waals surface area (Å²) < 4.78 is 1.19. The summed E-state index contributed by atoms with van der Waals surface area (Å²) in [5.41, 5.74) is 3.62. The Morgan fingerprint density at radius 2 is 2.16 bits per heavy atom. The van der Waals surface area contributed by atoms with Crippen LogP contribution in [-0.4, -0.2) is 94.9 Å². The number of thiazole rings is 1. The van der Waals surface area contributed by atoms with Gasteiger partial charge in [0.15, 0.2) is 16.0 Å². The van der Waals surface area contributed by atoms with Gasteiger partial charge < -0.3 is 31.0 Å². The van der Waals surface area contributed by atoms with E-state index in [1.165, 1.54) is 33.7 Å². The number of thioether (sulfide) groups is 2. The van der Waals surface area contributed by atoms with Gasteiger partial charge in [0.1, 0.15) is 29.6 Å². The number of carboxylic acids is 1. The predicted molar refractivity (Wildman–Crippen MR) is 134 cm³/mol. The van der Waals surface area contributed by atoms with Crippen molar-refractivity contribution in [2.45, 2.75) is 30.0 Å². The van der Waals surface area contributed by atoms with E-state index in [1.54, 1.807) is 6.92 Å². The van der Waals surface area contributed by atoms with Crippen molar-refractivity contribution in [3.8, 4) is 5.88 Å². The van der Waals surface area contributed by atoms with Crippen molar-refractivity contribution in [3.05, 3.63) is 21.4 Å². The minimum absolute atomic E-state index is 0.00233. The number of carbonyl (C=O) groups is 3. The molecule has 4 rings (SSSR count). The fourth-order valence-corrected chi connectivity index (χ4v) is 7.20. The molecule has 2 aliphatic rings. The molecular formula is C19H22N8O7S3. The van der Waals surface area contributed by atoms with Crippen molar-refractivity contribution in [1.29, 1.82) is 0 Å². The molecular weight excluding hydrogens is 548 g/mol. The monoisotopic (exact) mass is 570 g/mol. The highest BCUT2D eigenvalue weighted by Gasteiger charge is 2.57. The van der Waals surface area contributed by atoms with Crippen molar-refractivity contribution in [2.24, 2.45) is 10.6 Å². The summed E-state index contributed by atoms with van der Waals surface area (Å²) in [6.07, 6.45) is 0. The van der Waals surface area contributed by atoms with Gasteiger partial charge in [0.2, 0.25) is 5.91 Å². The number of hydrogen-bond acceptors (Lipinski definition) is 14. The molecule has 3 atom stereocenters. The predicted octanol–water partition coefficient (Wildman–Crippen LogP) is -0.984. The van der Waals surface area contributed by atoms with E-state index in [9.17, 15) is 29.4 Å². The van der Waals surface area contributed by atoms with Crippen LogP contribution in [0.1, 0.15) is 12.6 Å². The lowest BCUT2D eigenvalue weighted by Gasteiger charge is -2.53. The molecule has 198 valence electrons. The third-order valence-electron chi connectivity index (χ3n) is 5.74. The number of nitrogen functional groups attached to an aromatic ring is 1. The van der Waals surface area contributed by atoms with Crippen LogP contribution < -0.4 is 16.6 Å². The maximum absolute atomic E-state index is 12.9. The number of aliphatic carboxylic acids is 1. The Kier molecular flexibility index (Phi) is 7.60. The van der Waals surface area contributed by atoms with Crippen LogP contribution in [0.5, 0.6) is 5.88 Å². The van der Waals surface area contributed by atoms with E-state index >= 15 is 0 Å². The van der Waals surface area contributed by atoms with Gasteiger partial charge in [-0.05, 0) is 6.92 Å². The lowest BCUT2D eigenvalue weighted by Crippen LogP contribution is -2.74. The number of amides is 2. The van der Waals surface area contributed by atoms with Crippen molar-refractivity contribution < 1.29 is 29.4 Å². The number of nitrogens with one attached hydrogen (secondary N) is 1. The summed E-state index contributed by atoms with van der Waals surface area (Å²) in [7, 11) is 1.27. The van der Waals surface area contributed by atoms with Crippen LogP contribution in [0, 0.1) is 5.41 Å². The third-order valence-corrected chi connectivity index (χ3v) is 9.26. The van der Waals surface area contributed by atoms with Crippen LogP contribution in [0.4, 0.5) is 5.13 Å². The zero-order chi connectivity index (χ0) is 26.9. The quantitative estimate of drug-likeness (QED) is 0.123. The number of hydrogen-bond donors (Lipinski definition) is 4. The van der Waals surface area contributed by atoms with Crippen LogP contribution in [0.15, 0.2) is 20.5 Å². The first-order valence-electron chi connectivity index (χ1n) is 10.7. The molecule has 0 bridgehead atoms. The summed E-state index contributed by atoms with van der Waals surface area (Å²) in [5, 5.41) is 34.6. The Bertz CT molecular complexity index is 1330. The molecule has 0 aliphatic carbocycles. The largest absolute Gasteiger partial charge is 0.488 e. The maximum atomic E-state index is 12.9. The molecule has 0 radical (unpaired) electrons. The number of rotatable bonds is 9. The molecule has 18 heteroatoms. The standard InChI is InChI=1S/C19H22N8O7S3/c1-3-26-14(31)12(29)23-24-18(26)37-7-19(16(32)33)5-27-13(30)10(15(27)36-6-19)22-11(28)9(25-34-2)8-4-35-17(20)21-8/h4,10,15H,3,5-7H2,1-2H3,(H2,20,21)(H,22,28)(H,23,29)(H,32,33)/t10?,15-,19?/m1/s1. The fraction of sp³-hybridized carbons (Fsp3) is 0.474. The number of fused-ring (bicyclic) bond motifs is 1. The second-order valence-electron chi connectivity index (χ2n) is 8.04. The molecule has 2 aromatic rings. The molecule has 2 saturated heterocycles. The smallest absolute Gasteiger partial charge is 0.316 e. The van der Waals surface area contributed by atoms with Gasteiger partial charge in [-0.25, -0.2) is 4.98 Å². The number of β-lactam (4-membered cyclic amide) rings is 1. The highest BCUT2D eigenvalue weighted by Crippen LogP contribution is 2.44. The summed E-state index contributed by atoms with van der Waals surface area (Å²) in [5.74, 6) is -2.84. The van der Waals surface area contributed by atoms with Gasteiger partial charge in [-0.3, -0.25) is 23.7 Å². The molecule has 2 amide bonds. The normalized spacial score (nSPS) is 23.2. The first-order valence-corrected chi connectivity index (χ1v) is 13.6. The molecule has 4 heterocycles. The van der Waals surface area contributed by atoms with Gasteiger partial charge in [-0.15, -0.1) is 33.3 Å². The van der Waals surface area contributed by atoms with Gasteiger partial charge >= 0.3 is 11.5 Å². The Hall–Kier alpha value is -3.38. The number of nitrogens with zero attached hydrogens (tertiary/aromatic N) is 6. The first-order chi connectivity index (χ1) is 17.6. The van der Waals surface area contributed by atoms with E-state index in [0.29, 0.717) is 0 Å². The zero-order valence-corrected chi connectivity index (χ0v) is 21.9. The molecule has 0 saturated carbocycles. The highest BCUT2D eigenvalue weighted by atomic mass is 32.2. The van der Waals surface area contributed by atoms with Gasteiger partial charge in [0.25, 0.3) is 11.8 Å². The number of carboxylic acid groups (broad SMARTS) is 1. The number of nitrogens with two attached hydrogens (primary N) is 1. The average molecular weight is 571 g/mol. The van der Waals surface area contributed by atoms with Gasteiger partial charge in [0.05, 0.1) is 0 Å². The summed E-state index contributed by atoms with van der Waals surface area (Å²) in [6, 6.07) is -0.886. The molecule has 15 nitrogen and oxygen atoms in total. The van der Waals surface area contributed by atoms with Gasteiger partial charge in [0, 0.05) is 30.0 Å². The molecule has 2 unspecified atom stereocenters. The Morgan fingerprint density at radius 1 is 1.41 bits per heavy atom. The van der Waals surface area contributed by atoms with Crippen molar-refractivity contribution in [1.82, 2.24) is 30.0 Å². The minimum atomic E-state index is -1.34. The summed E-state index contributed by atoms with van der Waals surface area (Å²) in [4.78, 5) is 60.3. The number of anilines is 1. The van der Waals surface area contributed by atoms with Gasteiger partial charge in [-0.1, -0.05) is 16.9 Å². The second-order valence-corrected chi connectivity index (χ2v) is 11.0. The third kappa shape index (κ3) is 4.95. The van der Waals surface area contributed by atoms with E-state index in [0.717, 1.165) is 23.1 Å². The number of aromatic nitrogens is 4. The van der Waals surface area contributed by atoms with Crippen LogP contribution >= 0.6 is 34.9 Å². The van der Waals surface area contributed by atoms with E-state index in [1.807, 2.05) is 0 Å². The van der Waals surface area contributed by atoms with Crippen LogP contribution in [0.2, 0.25) is 0 Å². The topological polar surface area (TPSA) is 215 Å². The Labute approximate surface area is 221 Å². The SMILES string of the molecule is CCn1c(SCC2(C(=O)O)CS[C@@H]3C(NC(=O)C(=NOC)c4csc(N)n4)C(=O)N3C2)nnc(O)c1=O. The van der Waals surface area contributed by atoms with E-state index < -0.39 is 46.1 Å². The van der Waals surface area contributed by atoms with Crippen molar-refractivity contribution >= 4 is 63.5 Å². The Morgan fingerprint density at radius 3 is 2.78 bits per heavy atom. The molecule has 2 aromatic heterocycles. The maximum Gasteiger partial charge on any atom is 0.316 e. The van der Waals surface area contributed by atoms with Crippen LogP contribution in [0.25, 0.3) is 0 Å². The molecule has 2 fully saturated rings. The molecule has 0 spiro atoms. The summed E-state index contributed by atoms with van der Waals surface area (Å²) >= 11 is 3.35. The lowest BCUT2D eigenvalue weighted by molar-refractivity contribution is -0.157. The van der Waals surface area contributed by atoms with Crippen molar-refractivity contribution in [3.63, 3.8) is 0 Å². The lowest BCUT2D eigenvalue weighted by atomic mass is 9.89. The van der Waals surface area contributed by atoms with E-state index in [4.69, 9.17) is 10.6 Å². The first kappa shape index (κ1) is 26.7. The molecule has 0 aromatic carbocycles. The number of aromatic hydroxyl groups is 1. The second kappa shape index (κ2) is 10.5. The molecule has 2 aliphatic heterocycles. The van der Waals surface area contributed by atoms with Crippen molar-refractivity contribution in [2.75, 3.05) is 30.9 Å². The summed E-state index contributed by atoms with van der Waals surface area (Å²) in [6.45, 7) is 1.79. The zero-order valence-electron chi connectivity index (χ0n) is 19.5. The minimum Gasteiger partial charge on any atom is -0.488 e. The fourth-order valence-electron chi connectivity index (χ4n) is 3.79. The Balaban J connectivity index is 1.45.